The Labute approximate surface area is 112 Å². The third-order valence-corrected chi connectivity index (χ3v) is 2.66. The Balaban J connectivity index is 2.17. The number of rotatable bonds is 8. The van der Waals surface area contributed by atoms with Crippen LogP contribution < -0.4 is 10.1 Å². The first-order valence-corrected chi connectivity index (χ1v) is 6.37. The molecule has 106 valence electrons. The van der Waals surface area contributed by atoms with Gasteiger partial charge in [0.2, 0.25) is 5.91 Å². The third kappa shape index (κ3) is 6.76. The second kappa shape index (κ2) is 8.48. The van der Waals surface area contributed by atoms with E-state index in [2.05, 4.69) is 5.32 Å². The van der Waals surface area contributed by atoms with Crippen LogP contribution in [0.15, 0.2) is 24.3 Å². The van der Waals surface area contributed by atoms with Gasteiger partial charge in [0.1, 0.15) is 11.6 Å². The lowest BCUT2D eigenvalue weighted by Gasteiger charge is -2.11. The Morgan fingerprint density at radius 1 is 1.53 bits per heavy atom. The highest BCUT2D eigenvalue weighted by atomic mass is 19.1. The van der Waals surface area contributed by atoms with E-state index in [0.717, 1.165) is 0 Å². The molecule has 1 unspecified atom stereocenters. The molecule has 2 N–H and O–H groups in total. The van der Waals surface area contributed by atoms with Gasteiger partial charge in [-0.2, -0.15) is 0 Å². The molecule has 0 saturated carbocycles. The van der Waals surface area contributed by atoms with Crippen LogP contribution in [0.4, 0.5) is 4.39 Å². The summed E-state index contributed by atoms with van der Waals surface area (Å²) in [4.78, 5) is 11.5. The molecule has 1 aromatic carbocycles. The number of hydrogen-bond donors (Lipinski definition) is 2. The molecule has 0 radical (unpaired) electrons. The zero-order chi connectivity index (χ0) is 14.1. The molecule has 0 saturated heterocycles. The fourth-order valence-electron chi connectivity index (χ4n) is 1.52. The SMILES string of the molecule is CC(CCO)CNC(=O)CCOc1cccc(F)c1. The molecular weight excluding hydrogens is 249 g/mol. The van der Waals surface area contributed by atoms with E-state index in [1.165, 1.54) is 12.1 Å². The van der Waals surface area contributed by atoms with Crippen LogP contribution >= 0.6 is 0 Å². The lowest BCUT2D eigenvalue weighted by atomic mass is 10.1. The van der Waals surface area contributed by atoms with Crippen molar-refractivity contribution in [1.82, 2.24) is 5.32 Å². The molecule has 0 bridgehead atoms. The van der Waals surface area contributed by atoms with Crippen molar-refractivity contribution in [3.05, 3.63) is 30.1 Å². The van der Waals surface area contributed by atoms with E-state index in [-0.39, 0.29) is 37.3 Å². The van der Waals surface area contributed by atoms with Crippen molar-refractivity contribution in [2.45, 2.75) is 19.8 Å². The Morgan fingerprint density at radius 2 is 2.32 bits per heavy atom. The minimum atomic E-state index is -0.361. The second-order valence-electron chi connectivity index (χ2n) is 4.48. The molecule has 0 aliphatic carbocycles. The maximum atomic E-state index is 12.9. The van der Waals surface area contributed by atoms with Crippen molar-refractivity contribution >= 4 is 5.91 Å². The molecule has 1 rings (SSSR count). The van der Waals surface area contributed by atoms with E-state index in [0.29, 0.717) is 18.7 Å². The number of nitrogens with one attached hydrogen (secondary N) is 1. The smallest absolute Gasteiger partial charge is 0.223 e. The van der Waals surface area contributed by atoms with Crippen LogP contribution in [-0.2, 0) is 4.79 Å². The fraction of sp³-hybridized carbons (Fsp3) is 0.500. The first-order chi connectivity index (χ1) is 9.11. The van der Waals surface area contributed by atoms with E-state index in [4.69, 9.17) is 9.84 Å². The summed E-state index contributed by atoms with van der Waals surface area (Å²) in [5.74, 6) is 0.195. The van der Waals surface area contributed by atoms with Gasteiger partial charge in [-0.25, -0.2) is 4.39 Å². The number of ether oxygens (including phenoxy) is 1. The van der Waals surface area contributed by atoms with Crippen molar-refractivity contribution < 1.29 is 19.0 Å². The maximum absolute atomic E-state index is 12.9. The summed E-state index contributed by atoms with van der Waals surface area (Å²) in [5.41, 5.74) is 0. The zero-order valence-electron chi connectivity index (χ0n) is 11.1. The number of carbonyl (C=O) groups is 1. The summed E-state index contributed by atoms with van der Waals surface area (Å²) in [6.45, 7) is 2.84. The lowest BCUT2D eigenvalue weighted by molar-refractivity contribution is -0.121. The van der Waals surface area contributed by atoms with Crippen molar-refractivity contribution in [3.8, 4) is 5.75 Å². The van der Waals surface area contributed by atoms with E-state index >= 15 is 0 Å². The molecule has 0 spiro atoms. The molecular formula is C14H20FNO3. The summed E-state index contributed by atoms with van der Waals surface area (Å²) in [7, 11) is 0. The van der Waals surface area contributed by atoms with Gasteiger partial charge in [0.15, 0.2) is 0 Å². The van der Waals surface area contributed by atoms with Crippen LogP contribution in [0.3, 0.4) is 0 Å². The molecule has 0 aliphatic rings. The summed E-state index contributed by atoms with van der Waals surface area (Å²) in [6.07, 6.45) is 0.891. The van der Waals surface area contributed by atoms with Crippen molar-refractivity contribution in [2.24, 2.45) is 5.92 Å². The number of benzene rings is 1. The second-order valence-corrected chi connectivity index (χ2v) is 4.48. The summed E-state index contributed by atoms with van der Waals surface area (Å²) < 4.78 is 18.1. The highest BCUT2D eigenvalue weighted by Gasteiger charge is 2.05. The average molecular weight is 269 g/mol. The van der Waals surface area contributed by atoms with Crippen molar-refractivity contribution in [3.63, 3.8) is 0 Å². The number of aliphatic hydroxyl groups is 1. The average Bonchev–Trinajstić information content (AvgIpc) is 2.37. The molecule has 1 aromatic rings. The van der Waals surface area contributed by atoms with Gasteiger partial charge in [0.05, 0.1) is 13.0 Å². The summed E-state index contributed by atoms with van der Waals surface area (Å²) in [5, 5.41) is 11.5. The summed E-state index contributed by atoms with van der Waals surface area (Å²) >= 11 is 0. The van der Waals surface area contributed by atoms with Crippen LogP contribution in [0.1, 0.15) is 19.8 Å². The number of aliphatic hydroxyl groups excluding tert-OH is 1. The standard InChI is InChI=1S/C14H20FNO3/c1-11(5-7-17)10-16-14(18)6-8-19-13-4-2-3-12(15)9-13/h2-4,9,11,17H,5-8,10H2,1H3,(H,16,18). The molecule has 0 aliphatic heterocycles. The minimum Gasteiger partial charge on any atom is -0.493 e. The van der Waals surface area contributed by atoms with Crippen molar-refractivity contribution in [2.75, 3.05) is 19.8 Å². The number of hydrogen-bond acceptors (Lipinski definition) is 3. The maximum Gasteiger partial charge on any atom is 0.223 e. The van der Waals surface area contributed by atoms with E-state index in [9.17, 15) is 9.18 Å². The van der Waals surface area contributed by atoms with E-state index < -0.39 is 0 Å². The number of amides is 1. The number of halogens is 1. The molecule has 1 atom stereocenters. The van der Waals surface area contributed by atoms with Gasteiger partial charge < -0.3 is 15.2 Å². The van der Waals surface area contributed by atoms with Crippen LogP contribution in [0.5, 0.6) is 5.75 Å². The predicted octanol–water partition coefficient (Wildman–Crippen LogP) is 1.73. The molecule has 19 heavy (non-hydrogen) atoms. The quantitative estimate of drug-likeness (QED) is 0.755. The first kappa shape index (κ1) is 15.4. The molecule has 0 aromatic heterocycles. The van der Waals surface area contributed by atoms with Crippen LogP contribution in [0, 0.1) is 11.7 Å². The Morgan fingerprint density at radius 3 is 3.00 bits per heavy atom. The van der Waals surface area contributed by atoms with Crippen LogP contribution in [0.25, 0.3) is 0 Å². The largest absolute Gasteiger partial charge is 0.493 e. The van der Waals surface area contributed by atoms with Gasteiger partial charge in [-0.15, -0.1) is 0 Å². The Kier molecular flexibility index (Phi) is 6.89. The van der Waals surface area contributed by atoms with Gasteiger partial charge in [-0.05, 0) is 24.5 Å². The normalized spacial score (nSPS) is 11.9. The Bertz CT molecular complexity index is 398. The van der Waals surface area contributed by atoms with E-state index in [1.807, 2.05) is 6.92 Å². The molecule has 4 nitrogen and oxygen atoms in total. The van der Waals surface area contributed by atoms with E-state index in [1.54, 1.807) is 12.1 Å². The predicted molar refractivity (Wildman–Crippen MR) is 70.4 cm³/mol. The summed E-state index contributed by atoms with van der Waals surface area (Å²) in [6, 6.07) is 5.81. The topological polar surface area (TPSA) is 58.6 Å². The van der Waals surface area contributed by atoms with Gasteiger partial charge in [0, 0.05) is 19.2 Å². The molecule has 1 amide bonds. The van der Waals surface area contributed by atoms with Gasteiger partial charge >= 0.3 is 0 Å². The highest BCUT2D eigenvalue weighted by molar-refractivity contribution is 5.75. The van der Waals surface area contributed by atoms with Crippen LogP contribution in [0.2, 0.25) is 0 Å². The third-order valence-electron chi connectivity index (χ3n) is 2.66. The molecule has 5 heteroatoms. The van der Waals surface area contributed by atoms with Gasteiger partial charge in [-0.3, -0.25) is 4.79 Å². The number of carbonyl (C=O) groups excluding carboxylic acids is 1. The lowest BCUT2D eigenvalue weighted by Crippen LogP contribution is -2.29. The minimum absolute atomic E-state index is 0.110. The monoisotopic (exact) mass is 269 g/mol. The first-order valence-electron chi connectivity index (χ1n) is 6.37. The Hall–Kier alpha value is -1.62. The zero-order valence-corrected chi connectivity index (χ0v) is 11.1. The van der Waals surface area contributed by atoms with Gasteiger partial charge in [0.25, 0.3) is 0 Å². The van der Waals surface area contributed by atoms with Gasteiger partial charge in [-0.1, -0.05) is 13.0 Å². The van der Waals surface area contributed by atoms with Crippen LogP contribution in [-0.4, -0.2) is 30.8 Å². The molecule has 0 heterocycles. The fourth-order valence-corrected chi connectivity index (χ4v) is 1.52. The molecule has 0 fully saturated rings. The highest BCUT2D eigenvalue weighted by Crippen LogP contribution is 2.11. The van der Waals surface area contributed by atoms with Crippen molar-refractivity contribution in [1.29, 1.82) is 0 Å².